The van der Waals surface area contributed by atoms with Crippen LogP contribution in [0.25, 0.3) is 0 Å². The van der Waals surface area contributed by atoms with Gasteiger partial charge in [-0.25, -0.2) is 4.79 Å². The standard InChI is InChI=1S/C15H19NO5/c1-20-11-4-2-3-10(7-11)8-14(17)16-9-12-5-6-13(21-12)15(18)19/h2-4,7,12-13H,5-6,8-9H2,1H3,(H,16,17)(H,18,19). The molecular formula is C15H19NO5. The smallest absolute Gasteiger partial charge is 0.332 e. The fourth-order valence-corrected chi connectivity index (χ4v) is 2.30. The number of aliphatic carboxylic acids is 1. The van der Waals surface area contributed by atoms with Crippen molar-refractivity contribution in [3.8, 4) is 5.75 Å². The Morgan fingerprint density at radius 2 is 2.24 bits per heavy atom. The molecular weight excluding hydrogens is 274 g/mol. The van der Waals surface area contributed by atoms with Gasteiger partial charge in [-0.1, -0.05) is 12.1 Å². The number of carbonyl (C=O) groups is 2. The van der Waals surface area contributed by atoms with Crippen molar-refractivity contribution in [1.82, 2.24) is 5.32 Å². The van der Waals surface area contributed by atoms with Crippen molar-refractivity contribution < 1.29 is 24.2 Å². The van der Waals surface area contributed by atoms with Crippen LogP contribution in [0.4, 0.5) is 0 Å². The zero-order valence-electron chi connectivity index (χ0n) is 11.9. The lowest BCUT2D eigenvalue weighted by Gasteiger charge is -2.12. The summed E-state index contributed by atoms with van der Waals surface area (Å²) in [7, 11) is 1.58. The Hall–Kier alpha value is -2.08. The monoisotopic (exact) mass is 293 g/mol. The molecule has 1 amide bonds. The summed E-state index contributed by atoms with van der Waals surface area (Å²) >= 11 is 0. The third-order valence-corrected chi connectivity index (χ3v) is 3.41. The zero-order valence-corrected chi connectivity index (χ0v) is 11.9. The predicted octanol–water partition coefficient (Wildman–Crippen LogP) is 0.986. The highest BCUT2D eigenvalue weighted by Crippen LogP contribution is 2.19. The van der Waals surface area contributed by atoms with Crippen LogP contribution < -0.4 is 10.1 Å². The minimum atomic E-state index is -0.944. The summed E-state index contributed by atoms with van der Waals surface area (Å²) in [6.45, 7) is 0.340. The molecule has 1 aromatic carbocycles. The van der Waals surface area contributed by atoms with Gasteiger partial charge in [-0.05, 0) is 30.5 Å². The van der Waals surface area contributed by atoms with E-state index < -0.39 is 12.1 Å². The molecule has 21 heavy (non-hydrogen) atoms. The van der Waals surface area contributed by atoms with E-state index in [4.69, 9.17) is 14.6 Å². The van der Waals surface area contributed by atoms with Crippen molar-refractivity contribution in [2.45, 2.75) is 31.5 Å². The maximum atomic E-state index is 11.9. The number of ether oxygens (including phenoxy) is 2. The Labute approximate surface area is 123 Å². The highest BCUT2D eigenvalue weighted by molar-refractivity contribution is 5.78. The van der Waals surface area contributed by atoms with Gasteiger partial charge in [0.2, 0.25) is 5.91 Å². The molecule has 0 bridgehead atoms. The number of methoxy groups -OCH3 is 1. The van der Waals surface area contributed by atoms with Gasteiger partial charge in [0, 0.05) is 6.54 Å². The zero-order chi connectivity index (χ0) is 15.2. The maximum Gasteiger partial charge on any atom is 0.332 e. The summed E-state index contributed by atoms with van der Waals surface area (Å²) < 4.78 is 10.4. The lowest BCUT2D eigenvalue weighted by Crippen LogP contribution is -2.34. The second-order valence-corrected chi connectivity index (χ2v) is 4.99. The van der Waals surface area contributed by atoms with E-state index in [0.29, 0.717) is 25.1 Å². The molecule has 0 aliphatic carbocycles. The molecule has 1 saturated heterocycles. The van der Waals surface area contributed by atoms with Gasteiger partial charge in [-0.2, -0.15) is 0 Å². The van der Waals surface area contributed by atoms with Crippen LogP contribution in [0.1, 0.15) is 18.4 Å². The number of hydrogen-bond donors (Lipinski definition) is 2. The van der Waals surface area contributed by atoms with E-state index in [1.165, 1.54) is 0 Å². The Morgan fingerprint density at radius 1 is 1.43 bits per heavy atom. The molecule has 2 unspecified atom stereocenters. The number of rotatable bonds is 6. The van der Waals surface area contributed by atoms with Crippen molar-refractivity contribution in [3.63, 3.8) is 0 Å². The summed E-state index contributed by atoms with van der Waals surface area (Å²) in [5.41, 5.74) is 0.864. The van der Waals surface area contributed by atoms with Crippen molar-refractivity contribution in [2.24, 2.45) is 0 Å². The van der Waals surface area contributed by atoms with E-state index in [2.05, 4.69) is 5.32 Å². The Bertz CT molecular complexity index is 517. The minimum Gasteiger partial charge on any atom is -0.497 e. The van der Waals surface area contributed by atoms with Crippen LogP contribution in [0.3, 0.4) is 0 Å². The summed E-state index contributed by atoms with van der Waals surface area (Å²) in [6, 6.07) is 7.32. The van der Waals surface area contributed by atoms with Crippen molar-refractivity contribution in [3.05, 3.63) is 29.8 Å². The van der Waals surface area contributed by atoms with Crippen LogP contribution in [0.2, 0.25) is 0 Å². The average Bonchev–Trinajstić information content (AvgIpc) is 2.94. The molecule has 0 spiro atoms. The van der Waals surface area contributed by atoms with Gasteiger partial charge in [-0.3, -0.25) is 4.79 Å². The third kappa shape index (κ3) is 4.46. The Balaban J connectivity index is 1.76. The summed E-state index contributed by atoms with van der Waals surface area (Å²) in [5.74, 6) is -0.352. The fraction of sp³-hybridized carbons (Fsp3) is 0.467. The number of benzene rings is 1. The number of carboxylic acid groups (broad SMARTS) is 1. The summed E-state index contributed by atoms with van der Waals surface area (Å²) in [6.07, 6.45) is 0.430. The van der Waals surface area contributed by atoms with E-state index in [1.54, 1.807) is 7.11 Å². The molecule has 2 rings (SSSR count). The van der Waals surface area contributed by atoms with Crippen LogP contribution in [0.5, 0.6) is 5.75 Å². The number of amides is 1. The number of carbonyl (C=O) groups excluding carboxylic acids is 1. The van der Waals surface area contributed by atoms with Gasteiger partial charge >= 0.3 is 5.97 Å². The van der Waals surface area contributed by atoms with Crippen LogP contribution in [-0.4, -0.2) is 42.8 Å². The molecule has 2 N–H and O–H groups in total. The number of nitrogens with one attached hydrogen (secondary N) is 1. The van der Waals surface area contributed by atoms with Crippen LogP contribution in [-0.2, 0) is 20.7 Å². The van der Waals surface area contributed by atoms with Crippen molar-refractivity contribution >= 4 is 11.9 Å². The fourth-order valence-electron chi connectivity index (χ4n) is 2.30. The molecule has 1 aliphatic heterocycles. The SMILES string of the molecule is COc1cccc(CC(=O)NCC2CCC(C(=O)O)O2)c1. The molecule has 1 aliphatic rings. The van der Waals surface area contributed by atoms with E-state index in [0.717, 1.165) is 5.56 Å². The molecule has 0 aromatic heterocycles. The first kappa shape index (κ1) is 15.3. The Morgan fingerprint density at radius 3 is 2.90 bits per heavy atom. The normalized spacial score (nSPS) is 21.0. The third-order valence-electron chi connectivity index (χ3n) is 3.41. The van der Waals surface area contributed by atoms with Crippen molar-refractivity contribution in [1.29, 1.82) is 0 Å². The van der Waals surface area contributed by atoms with E-state index >= 15 is 0 Å². The van der Waals surface area contributed by atoms with Gasteiger partial charge in [0.1, 0.15) is 5.75 Å². The lowest BCUT2D eigenvalue weighted by molar-refractivity contribution is -0.149. The molecule has 6 nitrogen and oxygen atoms in total. The Kier molecular flexibility index (Phi) is 5.16. The van der Waals surface area contributed by atoms with Gasteiger partial charge in [-0.15, -0.1) is 0 Å². The number of carboxylic acids is 1. The van der Waals surface area contributed by atoms with Crippen molar-refractivity contribution in [2.75, 3.05) is 13.7 Å². The second kappa shape index (κ2) is 7.08. The van der Waals surface area contributed by atoms with Gasteiger partial charge in [0.25, 0.3) is 0 Å². The summed E-state index contributed by atoms with van der Waals surface area (Å²) in [4.78, 5) is 22.6. The van der Waals surface area contributed by atoms with Gasteiger partial charge in [0.05, 0.1) is 19.6 Å². The van der Waals surface area contributed by atoms with E-state index in [9.17, 15) is 9.59 Å². The predicted molar refractivity (Wildman–Crippen MR) is 75.2 cm³/mol. The number of hydrogen-bond acceptors (Lipinski definition) is 4. The second-order valence-electron chi connectivity index (χ2n) is 4.99. The molecule has 1 aromatic rings. The first-order chi connectivity index (χ1) is 10.1. The van der Waals surface area contributed by atoms with E-state index in [1.807, 2.05) is 24.3 Å². The summed E-state index contributed by atoms with van der Waals surface area (Å²) in [5, 5.41) is 11.6. The molecule has 0 radical (unpaired) electrons. The van der Waals surface area contributed by atoms with E-state index in [-0.39, 0.29) is 18.4 Å². The molecule has 1 fully saturated rings. The average molecular weight is 293 g/mol. The van der Waals surface area contributed by atoms with Gasteiger partial charge in [0.15, 0.2) is 6.10 Å². The first-order valence-corrected chi connectivity index (χ1v) is 6.86. The molecule has 0 saturated carbocycles. The lowest BCUT2D eigenvalue weighted by atomic mass is 10.1. The highest BCUT2D eigenvalue weighted by Gasteiger charge is 2.30. The largest absolute Gasteiger partial charge is 0.497 e. The highest BCUT2D eigenvalue weighted by atomic mass is 16.5. The quantitative estimate of drug-likeness (QED) is 0.817. The van der Waals surface area contributed by atoms with Gasteiger partial charge < -0.3 is 19.9 Å². The molecule has 2 atom stereocenters. The van der Waals surface area contributed by atoms with Crippen LogP contribution >= 0.6 is 0 Å². The van der Waals surface area contributed by atoms with Crippen LogP contribution in [0.15, 0.2) is 24.3 Å². The minimum absolute atomic E-state index is 0.120. The molecule has 6 heteroatoms. The van der Waals surface area contributed by atoms with Crippen LogP contribution in [0, 0.1) is 0 Å². The topological polar surface area (TPSA) is 84.9 Å². The maximum absolute atomic E-state index is 11.9. The molecule has 1 heterocycles. The first-order valence-electron chi connectivity index (χ1n) is 6.86. The molecule has 114 valence electrons.